The minimum Gasteiger partial charge on any atom is -0.364 e. The van der Waals surface area contributed by atoms with Crippen LogP contribution in [0.5, 0.6) is 0 Å². The molecule has 0 radical (unpaired) electrons. The molecule has 0 saturated carbocycles. The molecule has 0 aliphatic heterocycles. The van der Waals surface area contributed by atoms with Gasteiger partial charge in [-0.2, -0.15) is 0 Å². The maximum Gasteiger partial charge on any atom is 0.265 e. The van der Waals surface area contributed by atoms with E-state index in [1.807, 2.05) is 23.8 Å². The molecule has 0 aromatic carbocycles. The van der Waals surface area contributed by atoms with Crippen molar-refractivity contribution in [3.05, 3.63) is 23.5 Å². The second-order valence-corrected chi connectivity index (χ2v) is 3.44. The fraction of sp³-hybridized carbons (Fsp3) is 0.545. The van der Waals surface area contributed by atoms with Crippen molar-refractivity contribution in [2.24, 2.45) is 5.73 Å². The average molecular weight is 194 g/mol. The van der Waals surface area contributed by atoms with E-state index in [0.717, 1.165) is 31.4 Å². The van der Waals surface area contributed by atoms with Crippen molar-refractivity contribution >= 4 is 5.91 Å². The van der Waals surface area contributed by atoms with Crippen molar-refractivity contribution in [2.75, 3.05) is 0 Å². The molecule has 78 valence electrons. The minimum absolute atomic E-state index is 0.317. The normalized spacial score (nSPS) is 10.4. The van der Waals surface area contributed by atoms with E-state index in [9.17, 15) is 4.79 Å². The third kappa shape index (κ3) is 2.16. The molecule has 1 aromatic rings. The van der Waals surface area contributed by atoms with Crippen molar-refractivity contribution in [3.8, 4) is 0 Å². The summed E-state index contributed by atoms with van der Waals surface area (Å²) in [5, 5.41) is 0. The number of aromatic nitrogens is 1. The zero-order valence-electron chi connectivity index (χ0n) is 8.92. The van der Waals surface area contributed by atoms with Gasteiger partial charge in [0.25, 0.3) is 5.91 Å². The summed E-state index contributed by atoms with van der Waals surface area (Å²) >= 11 is 0. The van der Waals surface area contributed by atoms with Gasteiger partial charge in [-0.05, 0) is 31.4 Å². The van der Waals surface area contributed by atoms with Crippen LogP contribution in [0.4, 0.5) is 0 Å². The summed E-state index contributed by atoms with van der Waals surface area (Å²) in [5.41, 5.74) is 7.11. The van der Waals surface area contributed by atoms with E-state index in [-0.39, 0.29) is 5.91 Å². The molecular weight excluding hydrogens is 176 g/mol. The number of primary amides is 1. The van der Waals surface area contributed by atoms with Crippen LogP contribution < -0.4 is 5.73 Å². The predicted octanol–water partition coefficient (Wildman–Crippen LogP) is 1.95. The Kier molecular flexibility index (Phi) is 3.74. The lowest BCUT2D eigenvalue weighted by molar-refractivity contribution is 0.0990. The topological polar surface area (TPSA) is 48.0 Å². The quantitative estimate of drug-likeness (QED) is 0.765. The van der Waals surface area contributed by atoms with Crippen LogP contribution in [0.15, 0.2) is 12.3 Å². The maximum atomic E-state index is 11.2. The highest BCUT2D eigenvalue weighted by atomic mass is 16.1. The van der Waals surface area contributed by atoms with Gasteiger partial charge in [0.15, 0.2) is 0 Å². The van der Waals surface area contributed by atoms with Crippen LogP contribution in [0, 0.1) is 0 Å². The van der Waals surface area contributed by atoms with Gasteiger partial charge in [-0.15, -0.1) is 0 Å². The van der Waals surface area contributed by atoms with Crippen LogP contribution >= 0.6 is 0 Å². The summed E-state index contributed by atoms with van der Waals surface area (Å²) in [4.78, 5) is 11.2. The first kappa shape index (κ1) is 10.8. The molecule has 0 spiro atoms. The molecule has 0 aliphatic rings. The Balaban J connectivity index is 2.92. The number of rotatable bonds is 5. The predicted molar refractivity (Wildman–Crippen MR) is 57.2 cm³/mol. The Bertz CT molecular complexity index is 315. The van der Waals surface area contributed by atoms with Gasteiger partial charge >= 0.3 is 0 Å². The molecule has 2 N–H and O–H groups in total. The van der Waals surface area contributed by atoms with Gasteiger partial charge in [-0.3, -0.25) is 4.79 Å². The summed E-state index contributed by atoms with van der Waals surface area (Å²) in [6.45, 7) is 4.95. The molecule has 1 amide bonds. The Morgan fingerprint density at radius 1 is 1.50 bits per heavy atom. The third-order valence-electron chi connectivity index (χ3n) is 2.42. The summed E-state index contributed by atoms with van der Waals surface area (Å²) in [7, 11) is 0. The maximum absolute atomic E-state index is 11.2. The highest BCUT2D eigenvalue weighted by molar-refractivity contribution is 5.92. The molecule has 0 atom stereocenters. The lowest BCUT2D eigenvalue weighted by Gasteiger charge is -2.05. The number of nitrogens with two attached hydrogens (primary N) is 1. The monoisotopic (exact) mass is 194 g/mol. The third-order valence-corrected chi connectivity index (χ3v) is 2.42. The second kappa shape index (κ2) is 4.84. The van der Waals surface area contributed by atoms with Gasteiger partial charge in [-0.25, -0.2) is 0 Å². The summed E-state index contributed by atoms with van der Waals surface area (Å²) < 4.78 is 1.91. The highest BCUT2D eigenvalue weighted by Gasteiger charge is 2.12. The van der Waals surface area contributed by atoms with E-state index in [1.54, 1.807) is 0 Å². The smallest absolute Gasteiger partial charge is 0.265 e. The van der Waals surface area contributed by atoms with Gasteiger partial charge in [0.1, 0.15) is 5.69 Å². The van der Waals surface area contributed by atoms with Crippen LogP contribution in [0.1, 0.15) is 42.7 Å². The standard InChI is InChI=1S/C11H18N2O/c1-3-5-6-9-7-8-13(4-2)10(9)11(12)14/h7-8H,3-6H2,1-2H3,(H2,12,14). The van der Waals surface area contributed by atoms with Crippen molar-refractivity contribution in [1.29, 1.82) is 0 Å². The number of aryl methyl sites for hydroxylation is 2. The molecule has 0 aliphatic carbocycles. The number of carbonyl (C=O) groups is 1. The molecule has 3 nitrogen and oxygen atoms in total. The largest absolute Gasteiger partial charge is 0.364 e. The van der Waals surface area contributed by atoms with Gasteiger partial charge in [0.05, 0.1) is 0 Å². The number of carbonyl (C=O) groups excluding carboxylic acids is 1. The summed E-state index contributed by atoms with van der Waals surface area (Å²) in [6.07, 6.45) is 5.12. The zero-order valence-corrected chi connectivity index (χ0v) is 8.92. The van der Waals surface area contributed by atoms with Crippen molar-refractivity contribution in [2.45, 2.75) is 39.7 Å². The number of hydrogen-bond acceptors (Lipinski definition) is 1. The van der Waals surface area contributed by atoms with Crippen LogP contribution in [0.2, 0.25) is 0 Å². The SMILES string of the molecule is CCCCc1ccn(CC)c1C(N)=O. The van der Waals surface area contributed by atoms with Crippen LogP contribution in [-0.2, 0) is 13.0 Å². The molecule has 1 aromatic heterocycles. The van der Waals surface area contributed by atoms with Crippen molar-refractivity contribution < 1.29 is 4.79 Å². The lowest BCUT2D eigenvalue weighted by atomic mass is 10.1. The van der Waals surface area contributed by atoms with Gasteiger partial charge in [0, 0.05) is 12.7 Å². The van der Waals surface area contributed by atoms with Crippen LogP contribution in [0.3, 0.4) is 0 Å². The molecule has 3 heteroatoms. The first-order valence-corrected chi connectivity index (χ1v) is 5.18. The van der Waals surface area contributed by atoms with E-state index in [1.165, 1.54) is 0 Å². The fourth-order valence-corrected chi connectivity index (χ4v) is 1.65. The van der Waals surface area contributed by atoms with E-state index >= 15 is 0 Å². The Morgan fingerprint density at radius 3 is 2.71 bits per heavy atom. The van der Waals surface area contributed by atoms with Crippen LogP contribution in [0.25, 0.3) is 0 Å². The minimum atomic E-state index is -0.317. The molecule has 0 unspecified atom stereocenters. The first-order valence-electron chi connectivity index (χ1n) is 5.18. The Morgan fingerprint density at radius 2 is 2.21 bits per heavy atom. The van der Waals surface area contributed by atoms with E-state index in [0.29, 0.717) is 5.69 Å². The molecule has 0 fully saturated rings. The number of hydrogen-bond donors (Lipinski definition) is 1. The van der Waals surface area contributed by atoms with Crippen molar-refractivity contribution in [3.63, 3.8) is 0 Å². The molecule has 1 rings (SSSR count). The fourth-order valence-electron chi connectivity index (χ4n) is 1.65. The number of amides is 1. The highest BCUT2D eigenvalue weighted by Crippen LogP contribution is 2.13. The van der Waals surface area contributed by atoms with Gasteiger partial charge in [-0.1, -0.05) is 13.3 Å². The second-order valence-electron chi connectivity index (χ2n) is 3.44. The molecular formula is C11H18N2O. The lowest BCUT2D eigenvalue weighted by Crippen LogP contribution is -2.18. The number of unbranched alkanes of at least 4 members (excludes halogenated alkanes) is 1. The zero-order chi connectivity index (χ0) is 10.6. The molecule has 1 heterocycles. The molecule has 0 saturated heterocycles. The van der Waals surface area contributed by atoms with E-state index in [2.05, 4.69) is 6.92 Å². The Hall–Kier alpha value is -1.25. The van der Waals surface area contributed by atoms with Gasteiger partial charge < -0.3 is 10.3 Å². The van der Waals surface area contributed by atoms with Gasteiger partial charge in [0.2, 0.25) is 0 Å². The molecule has 0 bridgehead atoms. The summed E-state index contributed by atoms with van der Waals surface area (Å²) in [6, 6.07) is 2.00. The summed E-state index contributed by atoms with van der Waals surface area (Å²) in [5.74, 6) is -0.317. The Labute approximate surface area is 84.9 Å². The van der Waals surface area contributed by atoms with Crippen molar-refractivity contribution in [1.82, 2.24) is 4.57 Å². The van der Waals surface area contributed by atoms with Crippen LogP contribution in [-0.4, -0.2) is 10.5 Å². The molecule has 14 heavy (non-hydrogen) atoms. The average Bonchev–Trinajstić information content (AvgIpc) is 2.57. The number of nitrogens with zero attached hydrogens (tertiary/aromatic N) is 1. The first-order chi connectivity index (χ1) is 6.70. The van der Waals surface area contributed by atoms with E-state index in [4.69, 9.17) is 5.73 Å². The van der Waals surface area contributed by atoms with E-state index < -0.39 is 0 Å².